The van der Waals surface area contributed by atoms with E-state index < -0.39 is 36.5 Å². The van der Waals surface area contributed by atoms with Gasteiger partial charge in [0, 0.05) is 43.6 Å². The first-order chi connectivity index (χ1) is 21.4. The van der Waals surface area contributed by atoms with E-state index in [0.717, 1.165) is 31.4 Å². The maximum Gasteiger partial charge on any atom is 0.414 e. The van der Waals surface area contributed by atoms with Gasteiger partial charge in [-0.05, 0) is 75.7 Å². The van der Waals surface area contributed by atoms with Crippen molar-refractivity contribution in [1.82, 2.24) is 15.1 Å². The Morgan fingerprint density at radius 3 is 2.78 bits per heavy atom. The highest BCUT2D eigenvalue weighted by Crippen LogP contribution is 2.63. The van der Waals surface area contributed by atoms with Crippen molar-refractivity contribution < 1.29 is 38.9 Å². The van der Waals surface area contributed by atoms with Crippen LogP contribution < -0.4 is 21.5 Å². The molecule has 2 bridgehead atoms. The Morgan fingerprint density at radius 1 is 1.27 bits per heavy atom. The van der Waals surface area contributed by atoms with Crippen LogP contribution in [0.4, 0.5) is 4.79 Å². The van der Waals surface area contributed by atoms with Gasteiger partial charge < -0.3 is 46.3 Å². The first-order valence-electron chi connectivity index (χ1n) is 15.4. The molecule has 4 aliphatic rings. The molecule has 45 heavy (non-hydrogen) atoms. The first kappa shape index (κ1) is 32.1. The molecule has 2 unspecified atom stereocenters. The molecule has 0 radical (unpaired) electrons. The number of guanidine groups is 1. The highest BCUT2D eigenvalue weighted by molar-refractivity contribution is 5.96. The number of phenols is 1. The summed E-state index contributed by atoms with van der Waals surface area (Å²) in [6.07, 6.45) is 3.47. The number of nitrogens with zero attached hydrogens (tertiary/aromatic N) is 3. The van der Waals surface area contributed by atoms with E-state index in [4.69, 9.17) is 26.0 Å². The largest absolute Gasteiger partial charge is 0.504 e. The number of Topliss-reactive ketones (excluding diaryl/α,β-unsaturated/α-hetero) is 1. The Morgan fingerprint density at radius 2 is 2.04 bits per heavy atom. The summed E-state index contributed by atoms with van der Waals surface area (Å²) < 4.78 is 12.4. The van der Waals surface area contributed by atoms with Crippen LogP contribution in [-0.2, 0) is 31.0 Å². The molecule has 7 N–H and O–H groups in total. The topological polar surface area (TPSA) is 210 Å². The number of likely N-dealkylation sites (N-methyl/N-ethyl adjacent to an activating group) is 1. The van der Waals surface area contributed by atoms with Crippen molar-refractivity contribution in [3.8, 4) is 11.5 Å². The van der Waals surface area contributed by atoms with E-state index in [1.165, 1.54) is 10.5 Å². The molecule has 1 fully saturated rings. The molecule has 5 atom stereocenters. The lowest BCUT2D eigenvalue weighted by Gasteiger charge is -2.56. The van der Waals surface area contributed by atoms with Crippen LogP contribution in [0.15, 0.2) is 29.0 Å². The predicted molar refractivity (Wildman–Crippen MR) is 163 cm³/mol. The van der Waals surface area contributed by atoms with Crippen molar-refractivity contribution in [2.75, 3.05) is 33.7 Å². The summed E-state index contributed by atoms with van der Waals surface area (Å²) >= 11 is 0. The van der Waals surface area contributed by atoms with Crippen molar-refractivity contribution in [1.29, 1.82) is 0 Å². The van der Waals surface area contributed by atoms with Crippen molar-refractivity contribution in [3.05, 3.63) is 35.1 Å². The number of nitrogens with two attached hydrogens (primary N) is 2. The van der Waals surface area contributed by atoms with Crippen molar-refractivity contribution in [2.45, 2.75) is 75.0 Å². The zero-order chi connectivity index (χ0) is 32.5. The quantitative estimate of drug-likeness (QED) is 0.0902. The number of aliphatic carboxylic acids is 1. The number of hydrogen-bond donors (Lipinski definition) is 5. The van der Waals surface area contributed by atoms with Gasteiger partial charge >= 0.3 is 12.1 Å². The van der Waals surface area contributed by atoms with Gasteiger partial charge in [0.25, 0.3) is 0 Å². The third-order valence-corrected chi connectivity index (χ3v) is 9.64. The monoisotopic (exact) mass is 626 g/mol. The van der Waals surface area contributed by atoms with Gasteiger partial charge in [0.05, 0.1) is 6.04 Å². The van der Waals surface area contributed by atoms with Gasteiger partial charge in [-0.2, -0.15) is 0 Å². The minimum Gasteiger partial charge on any atom is -0.504 e. The lowest BCUT2D eigenvalue weighted by molar-refractivity contribution is -0.141. The highest BCUT2D eigenvalue weighted by atomic mass is 16.6. The smallest absolute Gasteiger partial charge is 0.414 e. The molecule has 0 aromatic heterocycles. The molecule has 2 heterocycles. The number of nitrogens with one attached hydrogen (secondary N) is 1. The number of hydrogen-bond acceptors (Lipinski definition) is 9. The molecule has 1 spiro atoms. The SMILES string of the molecule is CN(CCCC(=O)[C@@H](CCCN=C(N)N)NC(=O)CC(=O)O)C(=O)OC1=CCC2C3Cc4ccc(O)c5c4[C@@]2(CCN3C)[C@H]1O5. The molecule has 0 saturated carbocycles. The van der Waals surface area contributed by atoms with Crippen LogP contribution in [0.5, 0.6) is 11.5 Å². The van der Waals surface area contributed by atoms with Crippen LogP contribution >= 0.6 is 0 Å². The van der Waals surface area contributed by atoms with E-state index in [9.17, 15) is 24.3 Å². The Balaban J connectivity index is 1.20. The standard InChI is InChI=1S/C31H42N6O8/c1-36-14-11-31-18-8-10-23(28(31)45-27-22(39)9-7-17(26(27)31)15-20(18)36)44-30(43)37(2)13-4-6-21(38)19(5-3-12-34-29(32)33)35-24(40)16-25(41)42/h7,9-10,18-20,28,39H,3-6,8,11-16H2,1-2H3,(H,35,40)(H,41,42)(H4,32,33,34)/t18?,19-,20?,28+,31+/m1/s1. The zero-order valence-electron chi connectivity index (χ0n) is 25.7. The number of benzene rings is 1. The number of ketones is 1. The normalized spacial score (nSPS) is 24.8. The van der Waals surface area contributed by atoms with Gasteiger partial charge in [0.15, 0.2) is 29.3 Å². The second-order valence-corrected chi connectivity index (χ2v) is 12.4. The van der Waals surface area contributed by atoms with Crippen molar-refractivity contribution >= 4 is 29.7 Å². The summed E-state index contributed by atoms with van der Waals surface area (Å²) in [5.41, 5.74) is 12.5. The number of carbonyl (C=O) groups excluding carboxylic acids is 3. The molecule has 2 amide bonds. The van der Waals surface area contributed by atoms with Gasteiger partial charge in [0.1, 0.15) is 12.2 Å². The number of likely N-dealkylation sites (tertiary alicyclic amines) is 1. The third kappa shape index (κ3) is 6.28. The van der Waals surface area contributed by atoms with E-state index in [1.54, 1.807) is 13.1 Å². The van der Waals surface area contributed by atoms with Crippen LogP contribution in [0.1, 0.15) is 56.1 Å². The van der Waals surface area contributed by atoms with E-state index in [1.807, 2.05) is 12.1 Å². The average molecular weight is 627 g/mol. The lowest BCUT2D eigenvalue weighted by atomic mass is 9.53. The van der Waals surface area contributed by atoms with Crippen LogP contribution in [-0.4, -0.2) is 102 Å². The maximum atomic E-state index is 13.2. The number of aromatic hydroxyl groups is 1. The number of rotatable bonds is 13. The van der Waals surface area contributed by atoms with Gasteiger partial charge in [0.2, 0.25) is 5.91 Å². The number of phenolic OH excluding ortho intramolecular Hbond substituents is 1. The van der Waals surface area contributed by atoms with E-state index in [0.29, 0.717) is 30.4 Å². The van der Waals surface area contributed by atoms with Crippen LogP contribution in [0.2, 0.25) is 0 Å². The molecule has 2 aliphatic heterocycles. The molecule has 5 rings (SSSR count). The fourth-order valence-electron chi connectivity index (χ4n) is 7.55. The van der Waals surface area contributed by atoms with Gasteiger partial charge in [-0.1, -0.05) is 6.07 Å². The molecule has 14 heteroatoms. The average Bonchev–Trinajstić information content (AvgIpc) is 3.33. The minimum absolute atomic E-state index is 0.0451. The molecular formula is C31H42N6O8. The number of allylic oxidation sites excluding steroid dienone is 1. The third-order valence-electron chi connectivity index (χ3n) is 9.64. The van der Waals surface area contributed by atoms with Crippen LogP contribution in [0.25, 0.3) is 0 Å². The number of amides is 2. The number of aliphatic imine (C=N–C) groups is 1. The number of carboxylic acid groups (broad SMARTS) is 1. The summed E-state index contributed by atoms with van der Waals surface area (Å²) in [6, 6.07) is 3.08. The summed E-state index contributed by atoms with van der Waals surface area (Å²) in [5, 5.41) is 22.1. The Kier molecular flexibility index (Phi) is 9.23. The van der Waals surface area contributed by atoms with Crippen molar-refractivity contribution in [2.24, 2.45) is 22.4 Å². The van der Waals surface area contributed by atoms with Crippen molar-refractivity contribution in [3.63, 3.8) is 0 Å². The molecule has 1 aromatic rings. The number of piperidine rings is 1. The maximum absolute atomic E-state index is 13.2. The van der Waals surface area contributed by atoms with Crippen LogP contribution in [0, 0.1) is 5.92 Å². The fourth-order valence-corrected chi connectivity index (χ4v) is 7.55. The highest BCUT2D eigenvalue weighted by Gasteiger charge is 2.64. The summed E-state index contributed by atoms with van der Waals surface area (Å²) in [7, 11) is 3.73. The summed E-state index contributed by atoms with van der Waals surface area (Å²) in [6.45, 7) is 1.33. The molecular weight excluding hydrogens is 584 g/mol. The van der Waals surface area contributed by atoms with E-state index in [-0.39, 0.29) is 54.8 Å². The summed E-state index contributed by atoms with van der Waals surface area (Å²) in [4.78, 5) is 56.8. The van der Waals surface area contributed by atoms with Crippen LogP contribution in [0.3, 0.4) is 0 Å². The van der Waals surface area contributed by atoms with Gasteiger partial charge in [-0.3, -0.25) is 19.4 Å². The van der Waals surface area contributed by atoms with E-state index >= 15 is 0 Å². The molecule has 1 saturated heterocycles. The second-order valence-electron chi connectivity index (χ2n) is 12.4. The number of carboxylic acids is 1. The molecule has 14 nitrogen and oxygen atoms in total. The Labute approximate surface area is 261 Å². The zero-order valence-corrected chi connectivity index (χ0v) is 25.7. The minimum atomic E-state index is -1.30. The molecule has 2 aliphatic carbocycles. The Hall–Kier alpha value is -4.33. The van der Waals surface area contributed by atoms with Gasteiger partial charge in [-0.15, -0.1) is 0 Å². The first-order valence-corrected chi connectivity index (χ1v) is 15.4. The number of ether oxygens (including phenoxy) is 2. The lowest BCUT2D eigenvalue weighted by Crippen LogP contribution is -2.63. The number of carbonyl (C=O) groups is 4. The van der Waals surface area contributed by atoms with Gasteiger partial charge in [-0.25, -0.2) is 4.79 Å². The predicted octanol–water partition coefficient (Wildman–Crippen LogP) is 0.986. The summed E-state index contributed by atoms with van der Waals surface area (Å²) in [5.74, 6) is -1.16. The Bertz CT molecular complexity index is 1420. The van der Waals surface area contributed by atoms with E-state index in [2.05, 4.69) is 22.3 Å². The second kappa shape index (κ2) is 13.0. The molecule has 1 aromatic carbocycles. The molecule has 244 valence electrons. The fraction of sp³-hybridized carbons (Fsp3) is 0.581.